The Kier molecular flexibility index (Phi) is 3.80. The largest absolute Gasteiger partial charge is 0.416 e. The van der Waals surface area contributed by atoms with Gasteiger partial charge in [0.15, 0.2) is 0 Å². The molecule has 22 heavy (non-hydrogen) atoms. The monoisotopic (exact) mass is 320 g/mol. The second kappa shape index (κ2) is 5.19. The Bertz CT molecular complexity index is 677. The molecule has 0 spiro atoms. The number of rotatable bonds is 2. The first-order valence-corrected chi connectivity index (χ1v) is 5.98. The first-order valence-electron chi connectivity index (χ1n) is 5.98. The molecule has 0 aliphatic heterocycles. The highest BCUT2D eigenvalue weighted by atomic mass is 19.4. The molecule has 1 heterocycles. The molecule has 0 saturated carbocycles. The lowest BCUT2D eigenvalue weighted by Gasteiger charge is -2.15. The lowest BCUT2D eigenvalue weighted by atomic mass is 10.0. The van der Waals surface area contributed by atoms with Gasteiger partial charge in [-0.15, -0.1) is 0 Å². The minimum absolute atomic E-state index is 0.0883. The minimum atomic E-state index is -4.88. The Morgan fingerprint density at radius 1 is 1.00 bits per heavy atom. The molecule has 0 unspecified atom stereocenters. The van der Waals surface area contributed by atoms with E-state index in [9.17, 15) is 26.3 Å². The Balaban J connectivity index is 2.70. The summed E-state index contributed by atoms with van der Waals surface area (Å²) < 4.78 is 78.3. The highest BCUT2D eigenvalue weighted by molar-refractivity contribution is 5.66. The van der Waals surface area contributed by atoms with Crippen molar-refractivity contribution in [1.29, 1.82) is 0 Å². The van der Waals surface area contributed by atoms with Gasteiger partial charge in [-0.1, -0.05) is 6.58 Å². The van der Waals surface area contributed by atoms with Crippen LogP contribution in [0.5, 0.6) is 0 Å². The normalized spacial score (nSPS) is 12.5. The van der Waals surface area contributed by atoms with Crippen LogP contribution in [0.15, 0.2) is 37.3 Å². The molecule has 0 fully saturated rings. The molecular formula is C14H10F6N2. The molecule has 118 valence electrons. The third-order valence-electron chi connectivity index (χ3n) is 2.93. The van der Waals surface area contributed by atoms with Gasteiger partial charge in [-0.3, -0.25) is 0 Å². The van der Waals surface area contributed by atoms with E-state index in [1.807, 2.05) is 0 Å². The van der Waals surface area contributed by atoms with Crippen molar-refractivity contribution in [3.63, 3.8) is 0 Å². The Morgan fingerprint density at radius 3 is 1.91 bits per heavy atom. The van der Waals surface area contributed by atoms with Gasteiger partial charge in [-0.2, -0.15) is 26.3 Å². The molecule has 0 N–H and O–H groups in total. The molecule has 8 heteroatoms. The van der Waals surface area contributed by atoms with Crippen LogP contribution in [0.3, 0.4) is 0 Å². The molecule has 0 radical (unpaired) electrons. The molecule has 0 bridgehead atoms. The summed E-state index contributed by atoms with van der Waals surface area (Å²) in [6.07, 6.45) is -7.32. The number of nitrogens with zero attached hydrogens (tertiary/aromatic N) is 2. The molecule has 2 rings (SSSR count). The van der Waals surface area contributed by atoms with Gasteiger partial charge < -0.3 is 4.57 Å². The van der Waals surface area contributed by atoms with E-state index in [-0.39, 0.29) is 17.3 Å². The van der Waals surface area contributed by atoms with Crippen LogP contribution >= 0.6 is 0 Å². The highest BCUT2D eigenvalue weighted by Crippen LogP contribution is 2.38. The number of hydrogen-bond donors (Lipinski definition) is 0. The van der Waals surface area contributed by atoms with Gasteiger partial charge in [0.1, 0.15) is 0 Å². The fourth-order valence-corrected chi connectivity index (χ4v) is 1.92. The topological polar surface area (TPSA) is 17.8 Å². The van der Waals surface area contributed by atoms with E-state index in [0.29, 0.717) is 17.8 Å². The molecule has 1 aromatic carbocycles. The zero-order chi connectivity index (χ0) is 16.7. The van der Waals surface area contributed by atoms with Crippen LogP contribution in [0.25, 0.3) is 17.0 Å². The average molecular weight is 320 g/mol. The number of allylic oxidation sites excluding steroid dienone is 1. The third kappa shape index (κ3) is 3.15. The van der Waals surface area contributed by atoms with Gasteiger partial charge in [-0.25, -0.2) is 4.98 Å². The summed E-state index contributed by atoms with van der Waals surface area (Å²) in [5.74, 6) is 0. The summed E-state index contributed by atoms with van der Waals surface area (Å²) in [6, 6.07) is 1.41. The van der Waals surface area contributed by atoms with Crippen LogP contribution in [-0.2, 0) is 12.4 Å². The second-order valence-corrected chi connectivity index (χ2v) is 4.68. The average Bonchev–Trinajstić information content (AvgIpc) is 2.85. The smallest absolute Gasteiger partial charge is 0.304 e. The molecule has 0 aliphatic carbocycles. The van der Waals surface area contributed by atoms with Crippen molar-refractivity contribution in [3.8, 4) is 11.3 Å². The maximum atomic E-state index is 12.8. The summed E-state index contributed by atoms with van der Waals surface area (Å²) in [5, 5.41) is 0. The van der Waals surface area contributed by atoms with Crippen molar-refractivity contribution in [2.75, 3.05) is 0 Å². The Morgan fingerprint density at radius 2 is 1.50 bits per heavy atom. The van der Waals surface area contributed by atoms with E-state index < -0.39 is 23.5 Å². The molecule has 0 aliphatic rings. The van der Waals surface area contributed by atoms with Crippen LogP contribution < -0.4 is 0 Å². The molecule has 1 aromatic heterocycles. The summed E-state index contributed by atoms with van der Waals surface area (Å²) >= 11 is 0. The molecule has 0 amide bonds. The SMILES string of the molecule is C=C(C)n1cncc1-c1cc(C(F)(F)F)cc(C(F)(F)F)c1. The molecular weight excluding hydrogens is 310 g/mol. The van der Waals surface area contributed by atoms with Gasteiger partial charge >= 0.3 is 12.4 Å². The van der Waals surface area contributed by atoms with Crippen molar-refractivity contribution >= 4 is 5.70 Å². The highest BCUT2D eigenvalue weighted by Gasteiger charge is 2.37. The fraction of sp³-hybridized carbons (Fsp3) is 0.214. The number of hydrogen-bond acceptors (Lipinski definition) is 1. The van der Waals surface area contributed by atoms with Crippen molar-refractivity contribution in [2.24, 2.45) is 0 Å². The number of benzene rings is 1. The van der Waals surface area contributed by atoms with E-state index >= 15 is 0 Å². The van der Waals surface area contributed by atoms with Crippen LogP contribution in [0, 0.1) is 0 Å². The van der Waals surface area contributed by atoms with Crippen LogP contribution in [0.2, 0.25) is 0 Å². The Labute approximate surface area is 121 Å². The maximum Gasteiger partial charge on any atom is 0.416 e. The van der Waals surface area contributed by atoms with E-state index in [2.05, 4.69) is 11.6 Å². The quantitative estimate of drug-likeness (QED) is 0.706. The van der Waals surface area contributed by atoms with E-state index in [4.69, 9.17) is 0 Å². The minimum Gasteiger partial charge on any atom is -0.304 e. The van der Waals surface area contributed by atoms with Gasteiger partial charge in [0, 0.05) is 11.3 Å². The van der Waals surface area contributed by atoms with Crippen molar-refractivity contribution < 1.29 is 26.3 Å². The molecule has 2 aromatic rings. The van der Waals surface area contributed by atoms with Gasteiger partial charge in [-0.05, 0) is 25.1 Å². The van der Waals surface area contributed by atoms with Crippen molar-refractivity contribution in [3.05, 3.63) is 48.4 Å². The summed E-state index contributed by atoms with van der Waals surface area (Å²) in [5.41, 5.74) is -2.45. The van der Waals surface area contributed by atoms with Gasteiger partial charge in [0.25, 0.3) is 0 Å². The second-order valence-electron chi connectivity index (χ2n) is 4.68. The lowest BCUT2D eigenvalue weighted by molar-refractivity contribution is -0.143. The van der Waals surface area contributed by atoms with Crippen LogP contribution in [0.1, 0.15) is 18.1 Å². The maximum absolute atomic E-state index is 12.8. The standard InChI is InChI=1S/C14H10F6N2/c1-8(2)22-7-21-6-12(22)9-3-10(13(15,16)17)5-11(4-9)14(18,19)20/h3-7H,1H2,2H3. The van der Waals surface area contributed by atoms with E-state index in [0.717, 1.165) is 0 Å². The zero-order valence-electron chi connectivity index (χ0n) is 11.3. The first-order chi connectivity index (χ1) is 10.00. The lowest BCUT2D eigenvalue weighted by Crippen LogP contribution is -2.11. The van der Waals surface area contributed by atoms with Gasteiger partial charge in [0.05, 0.1) is 29.3 Å². The summed E-state index contributed by atoms with van der Waals surface area (Å²) in [4.78, 5) is 3.74. The number of aromatic nitrogens is 2. The van der Waals surface area contributed by atoms with Gasteiger partial charge in [0.2, 0.25) is 0 Å². The third-order valence-corrected chi connectivity index (χ3v) is 2.93. The van der Waals surface area contributed by atoms with Crippen molar-refractivity contribution in [1.82, 2.24) is 9.55 Å². The number of alkyl halides is 6. The molecule has 2 nitrogen and oxygen atoms in total. The summed E-state index contributed by atoms with van der Waals surface area (Å²) in [7, 11) is 0. The zero-order valence-corrected chi connectivity index (χ0v) is 11.3. The number of imidazole rings is 1. The van der Waals surface area contributed by atoms with E-state index in [1.165, 1.54) is 17.1 Å². The fourth-order valence-electron chi connectivity index (χ4n) is 1.92. The van der Waals surface area contributed by atoms with Crippen LogP contribution in [-0.4, -0.2) is 9.55 Å². The molecule has 0 saturated heterocycles. The number of halogens is 6. The molecule has 0 atom stereocenters. The predicted molar refractivity (Wildman–Crippen MR) is 68.7 cm³/mol. The van der Waals surface area contributed by atoms with Crippen molar-refractivity contribution in [2.45, 2.75) is 19.3 Å². The first kappa shape index (κ1) is 16.1. The predicted octanol–water partition coefficient (Wildman–Crippen LogP) is 5.08. The Hall–Kier alpha value is -2.25. The summed E-state index contributed by atoms with van der Waals surface area (Å²) in [6.45, 7) is 5.16. The van der Waals surface area contributed by atoms with Crippen LogP contribution in [0.4, 0.5) is 26.3 Å². The van der Waals surface area contributed by atoms with E-state index in [1.54, 1.807) is 6.92 Å².